The largest absolute Gasteiger partial charge is 0.481 e. The molecule has 113 heavy (non-hydrogen) atoms. The molecule has 1 aromatic carbocycles. The Morgan fingerprint density at radius 1 is 0.575 bits per heavy atom. The predicted octanol–water partition coefficient (Wildman–Crippen LogP) is -6.23. The molecule has 15 amide bonds. The summed E-state index contributed by atoms with van der Waals surface area (Å²) in [5.74, 6) is -28.5. The lowest BCUT2D eigenvalue weighted by Crippen LogP contribution is -2.62. The summed E-state index contributed by atoms with van der Waals surface area (Å²) in [4.78, 5) is 275. The summed E-state index contributed by atoms with van der Waals surface area (Å²) in [5, 5.41) is 76.8. The molecule has 0 aliphatic carbocycles. The smallest absolute Gasteiger partial charge is 0.335 e. The van der Waals surface area contributed by atoms with E-state index in [9.17, 15) is 121 Å². The SMILES string of the molecule is CC(C)CCCCCCC(=O)NC(Cc1c[nH]c2ccccc12)C(=O)NC(CCC(=O)O)C(=O)NC(CC(N)=O)C(=O)NC1C(=O)N(C)CC(=O)NC(C)C(=O)NC(CC(=O)O)C(=O)NC(CCCCN)C(=O)NC(C(O)C(=O)O)C(=O)NCC(=O)NC(CC(N)=O)C(=O)NC(CCC(=O)O)C(=O)NC(C(C)C)C(=O)OC1C. The van der Waals surface area contributed by atoms with Crippen LogP contribution in [-0.4, -0.2) is 259 Å². The van der Waals surface area contributed by atoms with Gasteiger partial charge in [0.1, 0.15) is 72.6 Å². The zero-order valence-electron chi connectivity index (χ0n) is 63.7. The van der Waals surface area contributed by atoms with Gasteiger partial charge in [-0.05, 0) is 82.4 Å². The molecule has 43 heteroatoms. The van der Waals surface area contributed by atoms with Crippen LogP contribution in [0.15, 0.2) is 30.5 Å². The number of nitrogens with zero attached hydrogens (tertiary/aromatic N) is 1. The lowest BCUT2D eigenvalue weighted by Gasteiger charge is -2.32. The molecule has 24 N–H and O–H groups in total. The number of aliphatic hydroxyl groups is 1. The van der Waals surface area contributed by atoms with Gasteiger partial charge < -0.3 is 121 Å². The van der Waals surface area contributed by atoms with Crippen molar-refractivity contribution in [2.24, 2.45) is 29.0 Å². The van der Waals surface area contributed by atoms with Crippen LogP contribution in [0.3, 0.4) is 0 Å². The minimum Gasteiger partial charge on any atom is -0.481 e. The second-order valence-electron chi connectivity index (χ2n) is 27.9. The number of H-pyrrole nitrogens is 1. The molecule has 0 saturated carbocycles. The lowest BCUT2D eigenvalue weighted by molar-refractivity contribution is -0.159. The van der Waals surface area contributed by atoms with Crippen LogP contribution in [0.5, 0.6) is 0 Å². The Hall–Kier alpha value is -11.9. The molecular formula is C70H105N17O26. The molecule has 1 aliphatic heterocycles. The molecule has 626 valence electrons. The van der Waals surface area contributed by atoms with Crippen LogP contribution in [0.4, 0.5) is 0 Å². The van der Waals surface area contributed by atoms with E-state index in [1.165, 1.54) is 13.8 Å². The summed E-state index contributed by atoms with van der Waals surface area (Å²) in [6.45, 7) is 6.44. The molecule has 0 radical (unpaired) electrons. The van der Waals surface area contributed by atoms with Gasteiger partial charge in [-0.15, -0.1) is 0 Å². The molecular weight excluding hydrogens is 1490 g/mol. The Labute approximate surface area is 648 Å². The highest BCUT2D eigenvalue weighted by Crippen LogP contribution is 2.21. The number of aliphatic carboxylic acids is 4. The number of para-hydroxylation sites is 1. The van der Waals surface area contributed by atoms with Crippen LogP contribution in [0.2, 0.25) is 0 Å². The molecule has 1 aliphatic rings. The van der Waals surface area contributed by atoms with E-state index in [-0.39, 0.29) is 32.2 Å². The number of nitrogens with one attached hydrogen (secondary N) is 13. The van der Waals surface area contributed by atoms with Crippen molar-refractivity contribution >= 4 is 129 Å². The molecule has 13 atom stereocenters. The number of carbonyl (C=O) groups excluding carboxylic acids is 16. The number of hydrogen-bond donors (Lipinski definition) is 21. The van der Waals surface area contributed by atoms with Crippen LogP contribution >= 0.6 is 0 Å². The van der Waals surface area contributed by atoms with E-state index in [1.54, 1.807) is 30.5 Å². The van der Waals surface area contributed by atoms with Crippen molar-refractivity contribution in [2.45, 2.75) is 229 Å². The quantitative estimate of drug-likeness (QED) is 0.0225. The van der Waals surface area contributed by atoms with Crippen LogP contribution in [0.25, 0.3) is 10.9 Å². The van der Waals surface area contributed by atoms with Crippen molar-refractivity contribution < 1.29 is 126 Å². The molecule has 2 aromatic rings. The molecule has 1 saturated heterocycles. The fourth-order valence-corrected chi connectivity index (χ4v) is 11.4. The van der Waals surface area contributed by atoms with E-state index < -0.39 is 267 Å². The maximum Gasteiger partial charge on any atom is 0.335 e. The van der Waals surface area contributed by atoms with Gasteiger partial charge in [0.25, 0.3) is 0 Å². The number of hydrogen-bond acceptors (Lipinski definition) is 23. The van der Waals surface area contributed by atoms with Crippen molar-refractivity contribution in [3.8, 4) is 0 Å². The number of fused-ring (bicyclic) bond motifs is 1. The normalized spacial score (nSPS) is 21.6. The number of primary amides is 2. The Bertz CT molecular complexity index is 3770. The predicted molar refractivity (Wildman–Crippen MR) is 393 cm³/mol. The van der Waals surface area contributed by atoms with Crippen LogP contribution in [0, 0.1) is 11.8 Å². The van der Waals surface area contributed by atoms with Crippen molar-refractivity contribution in [3.63, 3.8) is 0 Å². The van der Waals surface area contributed by atoms with Crippen molar-refractivity contribution in [2.75, 3.05) is 26.7 Å². The van der Waals surface area contributed by atoms with E-state index in [2.05, 4.69) is 66.7 Å². The summed E-state index contributed by atoms with van der Waals surface area (Å²) in [7, 11) is 0.929. The molecule has 0 bridgehead atoms. The number of carboxylic acids is 4. The van der Waals surface area contributed by atoms with Gasteiger partial charge in [0.05, 0.1) is 32.4 Å². The van der Waals surface area contributed by atoms with E-state index >= 15 is 0 Å². The second kappa shape index (κ2) is 47.3. The number of carboxylic acid groups (broad SMARTS) is 4. The monoisotopic (exact) mass is 1600 g/mol. The number of esters is 1. The first kappa shape index (κ1) is 95.3. The molecule has 2 heterocycles. The number of aromatic nitrogens is 1. The molecule has 3 rings (SSSR count). The van der Waals surface area contributed by atoms with Crippen molar-refractivity contribution in [1.82, 2.24) is 73.7 Å². The third-order valence-electron chi connectivity index (χ3n) is 17.6. The zero-order chi connectivity index (χ0) is 85.1. The second-order valence-corrected chi connectivity index (χ2v) is 27.9. The minimum atomic E-state index is -2.83. The van der Waals surface area contributed by atoms with Crippen LogP contribution in [-0.2, 0) is 107 Å². The van der Waals surface area contributed by atoms with Gasteiger partial charge in [0.15, 0.2) is 6.10 Å². The topological polar surface area (TPSA) is 693 Å². The minimum absolute atomic E-state index is 0.000349. The number of aliphatic hydroxyl groups excluding tert-OH is 1. The third-order valence-corrected chi connectivity index (χ3v) is 17.6. The molecule has 13 unspecified atom stereocenters. The number of carbonyl (C=O) groups is 20. The number of ether oxygens (including phenoxy) is 1. The van der Waals surface area contributed by atoms with Gasteiger partial charge in [-0.1, -0.05) is 71.6 Å². The highest BCUT2D eigenvalue weighted by atomic mass is 16.5. The number of rotatable bonds is 35. The molecule has 1 aromatic heterocycles. The highest BCUT2D eigenvalue weighted by Gasteiger charge is 2.42. The summed E-state index contributed by atoms with van der Waals surface area (Å²) in [6, 6.07) is -15.1. The first-order valence-corrected chi connectivity index (χ1v) is 36.5. The van der Waals surface area contributed by atoms with Crippen molar-refractivity contribution in [1.29, 1.82) is 0 Å². The Morgan fingerprint density at radius 3 is 1.73 bits per heavy atom. The summed E-state index contributed by atoms with van der Waals surface area (Å²) < 4.78 is 5.71. The van der Waals surface area contributed by atoms with Gasteiger partial charge in [0, 0.05) is 49.8 Å². The number of nitrogens with two attached hydrogens (primary N) is 3. The van der Waals surface area contributed by atoms with Crippen LogP contribution in [0.1, 0.15) is 150 Å². The first-order chi connectivity index (χ1) is 53.0. The van der Waals surface area contributed by atoms with Gasteiger partial charge in [-0.25, -0.2) is 9.59 Å². The van der Waals surface area contributed by atoms with Crippen LogP contribution < -0.4 is 81.0 Å². The summed E-state index contributed by atoms with van der Waals surface area (Å²) in [5.41, 5.74) is 17.8. The molecule has 0 spiro atoms. The third kappa shape index (κ3) is 33.7. The standard InChI is InChI=1S/C70H105N17O26/c1-33(2)16-10-8-9-11-20-49(90)77-43(26-37-30-74-39-18-13-12-17-38(37)39)63(104)80-41(21-23-52(93)94)60(101)83-45(28-48(73)89)66(107)85-56-36(6)113-70(112)55(34(3)4)84-62(103)42(22-24-53(95)96)81-64(105)44(27-47(72)88)78-50(91)31-75-67(108)57(58(99)69(110)111)86-61(102)40(19-14-15-25-71)79-65(106)46(29-54(97)98)82-59(100)35(5)76-51(92)32-87(7)68(56)109/h12-13,17-18,30,33-36,40-46,55-58,74,99H,8-11,14-16,19-29,31-32,71H2,1-7H3,(H2,72,88)(H2,73,89)(H,75,108)(H,76,92)(H,77,90)(H,78,91)(H,79,106)(H,80,104)(H,81,105)(H,82,100)(H,83,101)(H,84,103)(H,85,107)(H,86,102)(H,93,94)(H,95,96)(H,97,98)(H,110,111). The highest BCUT2D eigenvalue weighted by molar-refractivity contribution is 6.02. The van der Waals surface area contributed by atoms with Gasteiger partial charge in [-0.3, -0.25) is 86.3 Å². The lowest BCUT2D eigenvalue weighted by atomic mass is 10.0. The number of aromatic amines is 1. The Balaban J connectivity index is 2.23. The van der Waals surface area contributed by atoms with E-state index in [4.69, 9.17) is 21.9 Å². The number of amides is 15. The molecule has 43 nitrogen and oxygen atoms in total. The summed E-state index contributed by atoms with van der Waals surface area (Å²) in [6.07, 6.45) is -6.46. The summed E-state index contributed by atoms with van der Waals surface area (Å²) >= 11 is 0. The number of cyclic esters (lactones) is 1. The maximum atomic E-state index is 14.9. The molecule has 1 fully saturated rings. The van der Waals surface area contributed by atoms with E-state index in [1.807, 2.05) is 16.0 Å². The van der Waals surface area contributed by atoms with Gasteiger partial charge >= 0.3 is 29.8 Å². The number of benzene rings is 1. The van der Waals surface area contributed by atoms with E-state index in [0.29, 0.717) is 40.1 Å². The van der Waals surface area contributed by atoms with Gasteiger partial charge in [-0.2, -0.15) is 0 Å². The zero-order valence-corrected chi connectivity index (χ0v) is 63.7. The maximum absolute atomic E-state index is 14.9. The van der Waals surface area contributed by atoms with E-state index in [0.717, 1.165) is 40.2 Å². The number of likely N-dealkylation sites (N-methyl/N-ethyl adjacent to an activating group) is 1. The average Bonchev–Trinajstić information content (AvgIpc) is 1.72. The number of unbranched alkanes of at least 4 members (excludes halogenated alkanes) is 4. The fraction of sp³-hybridized carbons (Fsp3) is 0.600. The Kier molecular flexibility index (Phi) is 39.9. The average molecular weight is 1600 g/mol. The van der Waals surface area contributed by atoms with Crippen molar-refractivity contribution in [3.05, 3.63) is 36.0 Å². The Morgan fingerprint density at radius 2 is 1.15 bits per heavy atom. The van der Waals surface area contributed by atoms with Gasteiger partial charge in [0.2, 0.25) is 88.6 Å². The first-order valence-electron chi connectivity index (χ1n) is 36.5. The fourth-order valence-electron chi connectivity index (χ4n) is 11.4.